The molecule has 19 heavy (non-hydrogen) atoms. The minimum Gasteiger partial charge on any atom is -0.283 e. The van der Waals surface area contributed by atoms with Crippen LogP contribution in [0.3, 0.4) is 0 Å². The molecule has 2 rings (SSSR count). The minimum absolute atomic E-state index is 0.127. The highest BCUT2D eigenvalue weighted by Crippen LogP contribution is 2.22. The molecule has 0 bridgehead atoms. The molecule has 6 heteroatoms. The molecule has 106 valence electrons. The molecule has 1 aliphatic rings. The SMILES string of the molecule is Cc1ccc(NS(=O)(=O)C2C(C)NNC2C)c(C)c1. The first-order chi connectivity index (χ1) is 8.81. The van der Waals surface area contributed by atoms with Crippen molar-refractivity contribution in [3.8, 4) is 0 Å². The molecule has 2 atom stereocenters. The molecule has 0 amide bonds. The maximum absolute atomic E-state index is 12.5. The molecule has 3 N–H and O–H groups in total. The highest BCUT2D eigenvalue weighted by molar-refractivity contribution is 7.93. The number of hydrazine groups is 1. The van der Waals surface area contributed by atoms with Crippen molar-refractivity contribution in [1.82, 2.24) is 10.9 Å². The Hall–Kier alpha value is -1.11. The van der Waals surface area contributed by atoms with E-state index in [9.17, 15) is 8.42 Å². The molecular weight excluding hydrogens is 262 g/mol. The number of anilines is 1. The highest BCUT2D eigenvalue weighted by atomic mass is 32.2. The van der Waals surface area contributed by atoms with Gasteiger partial charge in [-0.1, -0.05) is 17.7 Å². The average Bonchev–Trinajstić information content (AvgIpc) is 2.63. The quantitative estimate of drug-likeness (QED) is 0.782. The van der Waals surface area contributed by atoms with Gasteiger partial charge in [-0.3, -0.25) is 15.6 Å². The smallest absolute Gasteiger partial charge is 0.238 e. The summed E-state index contributed by atoms with van der Waals surface area (Å²) in [7, 11) is -3.42. The Morgan fingerprint density at radius 3 is 2.21 bits per heavy atom. The Kier molecular flexibility index (Phi) is 3.85. The van der Waals surface area contributed by atoms with Gasteiger partial charge in [0.2, 0.25) is 10.0 Å². The van der Waals surface area contributed by atoms with Crippen LogP contribution in [-0.4, -0.2) is 25.8 Å². The molecule has 1 heterocycles. The van der Waals surface area contributed by atoms with E-state index in [1.807, 2.05) is 45.9 Å². The fraction of sp³-hybridized carbons (Fsp3) is 0.538. The second kappa shape index (κ2) is 5.11. The van der Waals surface area contributed by atoms with Crippen LogP contribution in [0.25, 0.3) is 0 Å². The molecule has 1 saturated heterocycles. The lowest BCUT2D eigenvalue weighted by Crippen LogP contribution is -2.41. The zero-order valence-electron chi connectivity index (χ0n) is 11.7. The first kappa shape index (κ1) is 14.3. The van der Waals surface area contributed by atoms with Gasteiger partial charge in [-0.25, -0.2) is 8.42 Å². The van der Waals surface area contributed by atoms with Crippen molar-refractivity contribution < 1.29 is 8.42 Å². The van der Waals surface area contributed by atoms with Gasteiger partial charge in [-0.15, -0.1) is 0 Å². The number of benzene rings is 1. The summed E-state index contributed by atoms with van der Waals surface area (Å²) >= 11 is 0. The molecule has 1 aromatic carbocycles. The fourth-order valence-corrected chi connectivity index (χ4v) is 4.43. The second-order valence-electron chi connectivity index (χ2n) is 5.30. The number of aryl methyl sites for hydroxylation is 2. The van der Waals surface area contributed by atoms with Gasteiger partial charge in [0.15, 0.2) is 0 Å². The van der Waals surface area contributed by atoms with Crippen LogP contribution in [-0.2, 0) is 10.0 Å². The summed E-state index contributed by atoms with van der Waals surface area (Å²) in [6, 6.07) is 5.43. The first-order valence-electron chi connectivity index (χ1n) is 6.41. The van der Waals surface area contributed by atoms with Crippen LogP contribution in [0, 0.1) is 13.8 Å². The van der Waals surface area contributed by atoms with Gasteiger partial charge >= 0.3 is 0 Å². The molecule has 0 spiro atoms. The van der Waals surface area contributed by atoms with Gasteiger partial charge in [0, 0.05) is 12.1 Å². The van der Waals surface area contributed by atoms with Crippen LogP contribution in [0.15, 0.2) is 18.2 Å². The molecular formula is C13H21N3O2S. The summed E-state index contributed by atoms with van der Waals surface area (Å²) in [5, 5.41) is -0.492. The topological polar surface area (TPSA) is 70.2 Å². The van der Waals surface area contributed by atoms with Crippen molar-refractivity contribution in [2.45, 2.75) is 45.0 Å². The summed E-state index contributed by atoms with van der Waals surface area (Å²) in [6.45, 7) is 7.62. The van der Waals surface area contributed by atoms with E-state index in [1.54, 1.807) is 0 Å². The van der Waals surface area contributed by atoms with Crippen molar-refractivity contribution in [3.63, 3.8) is 0 Å². The predicted octanol–water partition coefficient (Wildman–Crippen LogP) is 1.30. The van der Waals surface area contributed by atoms with E-state index in [4.69, 9.17) is 0 Å². The summed E-state index contributed by atoms with van der Waals surface area (Å²) in [5.74, 6) is 0. The number of sulfonamides is 1. The van der Waals surface area contributed by atoms with Crippen molar-refractivity contribution in [2.75, 3.05) is 4.72 Å². The standard InChI is InChI=1S/C13H21N3O2S/c1-8-5-6-12(9(2)7-8)16-19(17,18)13-10(3)14-15-11(13)4/h5-7,10-11,13-16H,1-4H3. The molecule has 5 nitrogen and oxygen atoms in total. The summed E-state index contributed by atoms with van der Waals surface area (Å²) in [6.07, 6.45) is 0. The van der Waals surface area contributed by atoms with Gasteiger partial charge < -0.3 is 0 Å². The van der Waals surface area contributed by atoms with Crippen molar-refractivity contribution >= 4 is 15.7 Å². The van der Waals surface area contributed by atoms with Crippen LogP contribution in [0.1, 0.15) is 25.0 Å². The highest BCUT2D eigenvalue weighted by Gasteiger charge is 2.40. The molecule has 1 fully saturated rings. The van der Waals surface area contributed by atoms with E-state index in [1.165, 1.54) is 0 Å². The largest absolute Gasteiger partial charge is 0.283 e. The number of nitrogens with one attached hydrogen (secondary N) is 3. The third kappa shape index (κ3) is 2.91. The Balaban J connectivity index is 2.26. The van der Waals surface area contributed by atoms with Crippen LogP contribution >= 0.6 is 0 Å². The molecule has 1 aromatic rings. The van der Waals surface area contributed by atoms with Gasteiger partial charge in [0.25, 0.3) is 0 Å². The van der Waals surface area contributed by atoms with Gasteiger partial charge in [-0.05, 0) is 39.3 Å². The van der Waals surface area contributed by atoms with E-state index >= 15 is 0 Å². The molecule has 0 aromatic heterocycles. The van der Waals surface area contributed by atoms with E-state index in [-0.39, 0.29) is 12.1 Å². The minimum atomic E-state index is -3.42. The fourth-order valence-electron chi connectivity index (χ4n) is 2.55. The zero-order valence-corrected chi connectivity index (χ0v) is 12.5. The third-order valence-electron chi connectivity index (χ3n) is 3.52. The summed E-state index contributed by atoms with van der Waals surface area (Å²) in [5.41, 5.74) is 8.63. The average molecular weight is 283 g/mol. The Morgan fingerprint density at radius 1 is 1.11 bits per heavy atom. The van der Waals surface area contributed by atoms with E-state index in [0.717, 1.165) is 11.1 Å². The van der Waals surface area contributed by atoms with Crippen molar-refractivity contribution in [2.24, 2.45) is 0 Å². The van der Waals surface area contributed by atoms with Crippen molar-refractivity contribution in [3.05, 3.63) is 29.3 Å². The predicted molar refractivity (Wildman–Crippen MR) is 77.4 cm³/mol. The van der Waals surface area contributed by atoms with E-state index < -0.39 is 15.3 Å². The van der Waals surface area contributed by atoms with Crippen LogP contribution in [0.2, 0.25) is 0 Å². The number of rotatable bonds is 3. The Bertz CT molecular complexity index is 561. The van der Waals surface area contributed by atoms with Gasteiger partial charge in [-0.2, -0.15) is 0 Å². The van der Waals surface area contributed by atoms with Crippen LogP contribution < -0.4 is 15.6 Å². The Morgan fingerprint density at radius 2 is 1.68 bits per heavy atom. The summed E-state index contributed by atoms with van der Waals surface area (Å²) in [4.78, 5) is 0. The first-order valence-corrected chi connectivity index (χ1v) is 7.96. The van der Waals surface area contributed by atoms with E-state index in [0.29, 0.717) is 5.69 Å². The second-order valence-corrected chi connectivity index (χ2v) is 7.13. The van der Waals surface area contributed by atoms with Gasteiger partial charge in [0.1, 0.15) is 5.25 Å². The lowest BCUT2D eigenvalue weighted by atomic mass is 10.1. The maximum atomic E-state index is 12.5. The maximum Gasteiger partial charge on any atom is 0.238 e. The molecule has 0 saturated carbocycles. The lowest BCUT2D eigenvalue weighted by molar-refractivity contribution is 0.564. The molecule has 0 radical (unpaired) electrons. The zero-order chi connectivity index (χ0) is 14.2. The van der Waals surface area contributed by atoms with Crippen LogP contribution in [0.5, 0.6) is 0 Å². The summed E-state index contributed by atoms with van der Waals surface area (Å²) < 4.78 is 27.6. The number of hydrogen-bond acceptors (Lipinski definition) is 4. The molecule has 0 aliphatic carbocycles. The van der Waals surface area contributed by atoms with E-state index in [2.05, 4.69) is 15.6 Å². The Labute approximate surface area is 114 Å². The monoisotopic (exact) mass is 283 g/mol. The van der Waals surface area contributed by atoms with Gasteiger partial charge in [0.05, 0.1) is 5.69 Å². The molecule has 1 aliphatic heterocycles. The molecule has 2 unspecified atom stereocenters. The van der Waals surface area contributed by atoms with Crippen molar-refractivity contribution in [1.29, 1.82) is 0 Å². The number of hydrogen-bond donors (Lipinski definition) is 3. The lowest BCUT2D eigenvalue weighted by Gasteiger charge is -2.20. The third-order valence-corrected chi connectivity index (χ3v) is 5.55. The van der Waals surface area contributed by atoms with Crippen LogP contribution in [0.4, 0.5) is 5.69 Å². The normalized spacial score (nSPS) is 27.5.